The maximum Gasteiger partial charge on any atom is 0.338 e. The number of rotatable bonds is 5. The third-order valence-electron chi connectivity index (χ3n) is 3.52. The normalized spacial score (nSPS) is 10.5. The first-order valence-corrected chi connectivity index (χ1v) is 9.04. The van der Waals surface area contributed by atoms with Crippen molar-refractivity contribution in [1.29, 1.82) is 0 Å². The topological polar surface area (TPSA) is 51.2 Å². The number of anilines is 2. The number of nitrogens with one attached hydrogen (secondary N) is 1. The molecule has 0 fully saturated rings. The lowest BCUT2D eigenvalue weighted by Crippen LogP contribution is -2.04. The Balaban J connectivity index is 1.84. The number of carbonyl (C=O) groups excluding carboxylic acids is 1. The molecular weight excluding hydrogens is 356 g/mol. The van der Waals surface area contributed by atoms with E-state index in [0.29, 0.717) is 17.2 Å². The van der Waals surface area contributed by atoms with Gasteiger partial charge in [-0.3, -0.25) is 0 Å². The SMILES string of the molecule is CCOC(=O)c1cccc(Nc2nc(-c3cccc(Cl)c3)c(C)s2)c1. The second-order valence-corrected chi connectivity index (χ2v) is 7.00. The number of carbonyl (C=O) groups is 1. The van der Waals surface area contributed by atoms with Crippen LogP contribution in [0.25, 0.3) is 11.3 Å². The first-order valence-electron chi connectivity index (χ1n) is 7.84. The number of aryl methyl sites for hydroxylation is 1. The third-order valence-corrected chi connectivity index (χ3v) is 4.64. The van der Waals surface area contributed by atoms with E-state index < -0.39 is 0 Å². The summed E-state index contributed by atoms with van der Waals surface area (Å²) in [6.45, 7) is 4.16. The molecule has 0 amide bonds. The van der Waals surface area contributed by atoms with Crippen LogP contribution in [0.4, 0.5) is 10.8 Å². The van der Waals surface area contributed by atoms with Crippen LogP contribution in [0.3, 0.4) is 0 Å². The number of nitrogens with zero attached hydrogens (tertiary/aromatic N) is 1. The Morgan fingerprint density at radius 1 is 1.24 bits per heavy atom. The van der Waals surface area contributed by atoms with Gasteiger partial charge in [0.2, 0.25) is 0 Å². The summed E-state index contributed by atoms with van der Waals surface area (Å²) < 4.78 is 5.03. The Morgan fingerprint density at radius 3 is 2.80 bits per heavy atom. The summed E-state index contributed by atoms with van der Waals surface area (Å²) in [5.41, 5.74) is 3.18. The highest BCUT2D eigenvalue weighted by molar-refractivity contribution is 7.16. The molecule has 128 valence electrons. The fourth-order valence-electron chi connectivity index (χ4n) is 2.42. The number of thiazole rings is 1. The zero-order valence-electron chi connectivity index (χ0n) is 13.9. The van der Waals surface area contributed by atoms with Gasteiger partial charge < -0.3 is 10.1 Å². The van der Waals surface area contributed by atoms with E-state index in [1.807, 2.05) is 43.3 Å². The van der Waals surface area contributed by atoms with Crippen molar-refractivity contribution in [2.45, 2.75) is 13.8 Å². The van der Waals surface area contributed by atoms with Crippen molar-refractivity contribution in [3.8, 4) is 11.3 Å². The summed E-state index contributed by atoms with van der Waals surface area (Å²) in [7, 11) is 0. The summed E-state index contributed by atoms with van der Waals surface area (Å²) in [5.74, 6) is -0.332. The maximum absolute atomic E-state index is 11.8. The van der Waals surface area contributed by atoms with E-state index in [9.17, 15) is 4.79 Å². The monoisotopic (exact) mass is 372 g/mol. The summed E-state index contributed by atoms with van der Waals surface area (Å²) >= 11 is 7.63. The second-order valence-electron chi connectivity index (χ2n) is 5.36. The molecule has 6 heteroatoms. The molecule has 2 aromatic carbocycles. The zero-order valence-corrected chi connectivity index (χ0v) is 15.4. The van der Waals surface area contributed by atoms with Gasteiger partial charge in [-0.05, 0) is 44.2 Å². The van der Waals surface area contributed by atoms with Gasteiger partial charge in [-0.15, -0.1) is 11.3 Å². The minimum atomic E-state index is -0.332. The summed E-state index contributed by atoms with van der Waals surface area (Å²) in [6, 6.07) is 14.8. The molecule has 4 nitrogen and oxygen atoms in total. The van der Waals surface area contributed by atoms with Crippen LogP contribution in [0.2, 0.25) is 5.02 Å². The molecule has 0 bridgehead atoms. The number of hydrogen-bond donors (Lipinski definition) is 1. The van der Waals surface area contributed by atoms with Gasteiger partial charge in [-0.2, -0.15) is 0 Å². The molecule has 0 aliphatic heterocycles. The van der Waals surface area contributed by atoms with Crippen LogP contribution in [0.5, 0.6) is 0 Å². The number of esters is 1. The third kappa shape index (κ3) is 4.18. The molecule has 1 N–H and O–H groups in total. The van der Waals surface area contributed by atoms with Crippen LogP contribution in [-0.4, -0.2) is 17.6 Å². The van der Waals surface area contributed by atoms with Crippen molar-refractivity contribution in [2.24, 2.45) is 0 Å². The van der Waals surface area contributed by atoms with Crippen LogP contribution < -0.4 is 5.32 Å². The molecule has 0 aliphatic carbocycles. The minimum absolute atomic E-state index is 0.332. The van der Waals surface area contributed by atoms with E-state index in [-0.39, 0.29) is 5.97 Å². The minimum Gasteiger partial charge on any atom is -0.462 e. The van der Waals surface area contributed by atoms with Gasteiger partial charge >= 0.3 is 5.97 Å². The molecule has 3 aromatic rings. The Morgan fingerprint density at radius 2 is 2.04 bits per heavy atom. The Labute approximate surface area is 155 Å². The van der Waals surface area contributed by atoms with Crippen LogP contribution in [-0.2, 0) is 4.74 Å². The lowest BCUT2D eigenvalue weighted by molar-refractivity contribution is 0.0526. The van der Waals surface area contributed by atoms with Crippen molar-refractivity contribution in [3.63, 3.8) is 0 Å². The molecule has 0 spiro atoms. The number of aromatic nitrogens is 1. The fraction of sp³-hybridized carbons (Fsp3) is 0.158. The summed E-state index contributed by atoms with van der Waals surface area (Å²) in [4.78, 5) is 17.6. The van der Waals surface area contributed by atoms with E-state index in [0.717, 1.165) is 27.0 Å². The lowest BCUT2D eigenvalue weighted by atomic mass is 10.1. The molecule has 25 heavy (non-hydrogen) atoms. The number of ether oxygens (including phenoxy) is 1. The first kappa shape index (κ1) is 17.5. The second kappa shape index (κ2) is 7.68. The molecule has 1 aromatic heterocycles. The quantitative estimate of drug-likeness (QED) is 0.584. The average molecular weight is 373 g/mol. The first-order chi connectivity index (χ1) is 12.1. The van der Waals surface area contributed by atoms with E-state index in [4.69, 9.17) is 16.3 Å². The Bertz CT molecular complexity index is 908. The largest absolute Gasteiger partial charge is 0.462 e. The highest BCUT2D eigenvalue weighted by atomic mass is 35.5. The molecule has 0 radical (unpaired) electrons. The molecule has 0 atom stereocenters. The van der Waals surface area contributed by atoms with Gasteiger partial charge in [0.15, 0.2) is 5.13 Å². The predicted molar refractivity (Wildman–Crippen MR) is 103 cm³/mol. The molecular formula is C19H17ClN2O2S. The van der Waals surface area contributed by atoms with Crippen molar-refractivity contribution in [1.82, 2.24) is 4.98 Å². The van der Waals surface area contributed by atoms with Crippen molar-refractivity contribution >= 4 is 39.7 Å². The van der Waals surface area contributed by atoms with E-state index in [1.54, 1.807) is 30.4 Å². The Kier molecular flexibility index (Phi) is 5.36. The molecule has 0 saturated heterocycles. The molecule has 1 heterocycles. The van der Waals surface area contributed by atoms with Gasteiger partial charge in [0.05, 0.1) is 17.9 Å². The maximum atomic E-state index is 11.8. The van der Waals surface area contributed by atoms with Crippen molar-refractivity contribution < 1.29 is 9.53 Å². The van der Waals surface area contributed by atoms with Crippen molar-refractivity contribution in [3.05, 3.63) is 64.0 Å². The van der Waals surface area contributed by atoms with Crippen LogP contribution in [0.1, 0.15) is 22.2 Å². The molecule has 0 aliphatic rings. The lowest BCUT2D eigenvalue weighted by Gasteiger charge is -2.05. The number of hydrogen-bond acceptors (Lipinski definition) is 5. The van der Waals surface area contributed by atoms with E-state index in [1.165, 1.54) is 0 Å². The molecule has 0 saturated carbocycles. The van der Waals surface area contributed by atoms with Gasteiger partial charge in [-0.1, -0.05) is 29.8 Å². The van der Waals surface area contributed by atoms with Crippen molar-refractivity contribution in [2.75, 3.05) is 11.9 Å². The van der Waals surface area contributed by atoms with Gasteiger partial charge in [0.25, 0.3) is 0 Å². The van der Waals surface area contributed by atoms with Crippen LogP contribution >= 0.6 is 22.9 Å². The number of benzene rings is 2. The summed E-state index contributed by atoms with van der Waals surface area (Å²) in [6.07, 6.45) is 0. The zero-order chi connectivity index (χ0) is 17.8. The summed E-state index contributed by atoms with van der Waals surface area (Å²) in [5, 5.41) is 4.69. The highest BCUT2D eigenvalue weighted by Crippen LogP contribution is 2.33. The average Bonchev–Trinajstić information content (AvgIpc) is 2.95. The standard InChI is InChI=1S/C19H17ClN2O2S/c1-3-24-18(23)14-7-5-9-16(11-14)21-19-22-17(12(2)25-19)13-6-4-8-15(20)10-13/h4-11H,3H2,1-2H3,(H,21,22). The number of halogens is 1. The molecule has 0 unspecified atom stereocenters. The van der Waals surface area contributed by atoms with Gasteiger partial charge in [0.1, 0.15) is 0 Å². The van der Waals surface area contributed by atoms with E-state index in [2.05, 4.69) is 10.3 Å². The van der Waals surface area contributed by atoms with E-state index >= 15 is 0 Å². The fourth-order valence-corrected chi connectivity index (χ4v) is 3.46. The predicted octanol–water partition coefficient (Wildman–Crippen LogP) is 5.69. The van der Waals surface area contributed by atoms with Gasteiger partial charge in [-0.25, -0.2) is 9.78 Å². The highest BCUT2D eigenvalue weighted by Gasteiger charge is 2.12. The van der Waals surface area contributed by atoms with Crippen LogP contribution in [0, 0.1) is 6.92 Å². The Hall–Kier alpha value is -2.37. The van der Waals surface area contributed by atoms with Gasteiger partial charge in [0, 0.05) is 21.2 Å². The van der Waals surface area contributed by atoms with Crippen LogP contribution in [0.15, 0.2) is 48.5 Å². The molecule has 3 rings (SSSR count). The smallest absolute Gasteiger partial charge is 0.338 e.